The molecular formula is C11H15NO2. The zero-order chi connectivity index (χ0) is 10.6. The van der Waals surface area contributed by atoms with Crippen molar-refractivity contribution in [3.8, 4) is 5.75 Å². The number of amides is 1. The molecule has 0 bridgehead atoms. The summed E-state index contributed by atoms with van der Waals surface area (Å²) in [6, 6.07) is 7.39. The normalized spacial score (nSPS) is 10.2. The van der Waals surface area contributed by atoms with Crippen LogP contribution in [0.4, 0.5) is 4.79 Å². The number of hydrogen-bond acceptors (Lipinski definition) is 2. The van der Waals surface area contributed by atoms with Crippen molar-refractivity contribution in [1.82, 2.24) is 0 Å². The molecule has 3 nitrogen and oxygen atoms in total. The first kappa shape index (κ1) is 10.6. The molecule has 0 fully saturated rings. The summed E-state index contributed by atoms with van der Waals surface area (Å²) in [6.07, 6.45) is 0.248. The Morgan fingerprint density at radius 3 is 2.36 bits per heavy atom. The van der Waals surface area contributed by atoms with E-state index in [1.54, 1.807) is 12.1 Å². The van der Waals surface area contributed by atoms with Gasteiger partial charge in [0.1, 0.15) is 5.75 Å². The number of rotatable bonds is 3. The van der Waals surface area contributed by atoms with Gasteiger partial charge in [-0.25, -0.2) is 4.79 Å². The second-order valence-corrected chi connectivity index (χ2v) is 3.66. The van der Waals surface area contributed by atoms with E-state index in [1.165, 1.54) is 5.56 Å². The first-order valence-electron chi connectivity index (χ1n) is 4.64. The highest BCUT2D eigenvalue weighted by atomic mass is 16.5. The van der Waals surface area contributed by atoms with Crippen LogP contribution in [-0.4, -0.2) is 6.09 Å². The van der Waals surface area contributed by atoms with Gasteiger partial charge in [-0.1, -0.05) is 26.0 Å². The molecule has 76 valence electrons. The molecule has 0 unspecified atom stereocenters. The summed E-state index contributed by atoms with van der Waals surface area (Å²) < 4.78 is 4.71. The highest BCUT2D eigenvalue weighted by Gasteiger charge is 2.00. The van der Waals surface area contributed by atoms with E-state index in [1.807, 2.05) is 12.1 Å². The molecule has 2 N–H and O–H groups in total. The van der Waals surface area contributed by atoms with Gasteiger partial charge in [0.2, 0.25) is 0 Å². The molecule has 1 aromatic rings. The molecule has 0 spiro atoms. The van der Waals surface area contributed by atoms with Gasteiger partial charge >= 0.3 is 6.09 Å². The van der Waals surface area contributed by atoms with Crippen LogP contribution in [-0.2, 0) is 6.42 Å². The number of hydrogen-bond donors (Lipinski definition) is 1. The molecule has 1 rings (SSSR count). The number of nitrogens with two attached hydrogens (primary N) is 1. The van der Waals surface area contributed by atoms with Crippen LogP contribution in [0.2, 0.25) is 0 Å². The highest BCUT2D eigenvalue weighted by molar-refractivity contribution is 5.67. The molecular weight excluding hydrogens is 178 g/mol. The van der Waals surface area contributed by atoms with Crippen LogP contribution in [0.5, 0.6) is 5.75 Å². The van der Waals surface area contributed by atoms with Gasteiger partial charge in [-0.2, -0.15) is 0 Å². The second-order valence-electron chi connectivity index (χ2n) is 3.66. The lowest BCUT2D eigenvalue weighted by atomic mass is 10.0. The van der Waals surface area contributed by atoms with E-state index < -0.39 is 6.09 Å². The van der Waals surface area contributed by atoms with E-state index >= 15 is 0 Å². The van der Waals surface area contributed by atoms with Crippen LogP contribution in [0.3, 0.4) is 0 Å². The molecule has 0 aromatic heterocycles. The lowest BCUT2D eigenvalue weighted by molar-refractivity contribution is 0.211. The van der Waals surface area contributed by atoms with E-state index in [9.17, 15) is 4.79 Å². The Labute approximate surface area is 83.9 Å². The molecule has 0 aliphatic rings. The van der Waals surface area contributed by atoms with Crippen molar-refractivity contribution in [2.45, 2.75) is 20.3 Å². The number of carbonyl (C=O) groups is 1. The van der Waals surface area contributed by atoms with Gasteiger partial charge in [0.05, 0.1) is 0 Å². The van der Waals surface area contributed by atoms with Gasteiger partial charge in [-0.3, -0.25) is 0 Å². The van der Waals surface area contributed by atoms with Gasteiger partial charge < -0.3 is 10.5 Å². The monoisotopic (exact) mass is 193 g/mol. The molecule has 14 heavy (non-hydrogen) atoms. The number of carbonyl (C=O) groups excluding carboxylic acids is 1. The third-order valence-corrected chi connectivity index (χ3v) is 1.79. The maximum Gasteiger partial charge on any atom is 0.409 e. The predicted molar refractivity (Wildman–Crippen MR) is 55.2 cm³/mol. The summed E-state index contributed by atoms with van der Waals surface area (Å²) in [5.41, 5.74) is 6.12. The largest absolute Gasteiger partial charge is 0.411 e. The summed E-state index contributed by atoms with van der Waals surface area (Å²) in [6.45, 7) is 4.32. The maximum atomic E-state index is 10.4. The number of ether oxygens (including phenoxy) is 1. The highest BCUT2D eigenvalue weighted by Crippen LogP contribution is 2.14. The average molecular weight is 193 g/mol. The molecule has 0 radical (unpaired) electrons. The third kappa shape index (κ3) is 3.47. The van der Waals surface area contributed by atoms with Crippen LogP contribution >= 0.6 is 0 Å². The van der Waals surface area contributed by atoms with Crippen molar-refractivity contribution < 1.29 is 9.53 Å². The quantitative estimate of drug-likeness (QED) is 0.801. The maximum absolute atomic E-state index is 10.4. The van der Waals surface area contributed by atoms with E-state index in [0.29, 0.717) is 11.7 Å². The lowest BCUT2D eigenvalue weighted by Crippen LogP contribution is -2.16. The zero-order valence-corrected chi connectivity index (χ0v) is 8.49. The Morgan fingerprint density at radius 2 is 1.93 bits per heavy atom. The standard InChI is InChI=1S/C11H15NO2/c1-8(2)7-9-3-5-10(6-4-9)14-11(12)13/h3-6,8H,7H2,1-2H3,(H2,12,13). The fraction of sp³-hybridized carbons (Fsp3) is 0.364. The zero-order valence-electron chi connectivity index (χ0n) is 8.49. The van der Waals surface area contributed by atoms with Crippen molar-refractivity contribution in [3.63, 3.8) is 0 Å². The molecule has 0 aliphatic carbocycles. The third-order valence-electron chi connectivity index (χ3n) is 1.79. The minimum Gasteiger partial charge on any atom is -0.411 e. The Hall–Kier alpha value is -1.51. The van der Waals surface area contributed by atoms with E-state index in [4.69, 9.17) is 10.5 Å². The molecule has 1 aromatic carbocycles. The van der Waals surface area contributed by atoms with E-state index in [2.05, 4.69) is 13.8 Å². The molecule has 3 heteroatoms. The molecule has 0 atom stereocenters. The summed E-state index contributed by atoms with van der Waals surface area (Å²) in [5, 5.41) is 0. The summed E-state index contributed by atoms with van der Waals surface area (Å²) in [7, 11) is 0. The minimum absolute atomic E-state index is 0.491. The van der Waals surface area contributed by atoms with Crippen molar-refractivity contribution in [2.24, 2.45) is 11.7 Å². The summed E-state index contributed by atoms with van der Waals surface area (Å²) in [5.74, 6) is 1.11. The Kier molecular flexibility index (Phi) is 3.51. The summed E-state index contributed by atoms with van der Waals surface area (Å²) in [4.78, 5) is 10.4. The number of benzene rings is 1. The minimum atomic E-state index is -0.776. The predicted octanol–water partition coefficient (Wildman–Crippen LogP) is 2.34. The van der Waals surface area contributed by atoms with Crippen LogP contribution in [0.15, 0.2) is 24.3 Å². The first-order chi connectivity index (χ1) is 6.58. The molecule has 0 heterocycles. The van der Waals surface area contributed by atoms with Crippen molar-refractivity contribution >= 4 is 6.09 Å². The summed E-state index contributed by atoms with van der Waals surface area (Å²) >= 11 is 0. The van der Waals surface area contributed by atoms with Gasteiger partial charge in [0.15, 0.2) is 0 Å². The van der Waals surface area contributed by atoms with Crippen LogP contribution in [0.25, 0.3) is 0 Å². The van der Waals surface area contributed by atoms with Gasteiger partial charge in [-0.15, -0.1) is 0 Å². The molecule has 1 amide bonds. The van der Waals surface area contributed by atoms with Crippen LogP contribution in [0.1, 0.15) is 19.4 Å². The first-order valence-corrected chi connectivity index (χ1v) is 4.64. The van der Waals surface area contributed by atoms with Crippen LogP contribution < -0.4 is 10.5 Å². The number of primary amides is 1. The Bertz CT molecular complexity index is 304. The lowest BCUT2D eigenvalue weighted by Gasteiger charge is -2.05. The van der Waals surface area contributed by atoms with Crippen LogP contribution in [0, 0.1) is 5.92 Å². The molecule has 0 aliphatic heterocycles. The Balaban J connectivity index is 2.63. The van der Waals surface area contributed by atoms with Crippen molar-refractivity contribution in [1.29, 1.82) is 0 Å². The fourth-order valence-electron chi connectivity index (χ4n) is 1.28. The van der Waals surface area contributed by atoms with Gasteiger partial charge in [-0.05, 0) is 30.0 Å². The van der Waals surface area contributed by atoms with Crippen molar-refractivity contribution in [3.05, 3.63) is 29.8 Å². The SMILES string of the molecule is CC(C)Cc1ccc(OC(N)=O)cc1. The second kappa shape index (κ2) is 4.65. The van der Waals surface area contributed by atoms with E-state index in [-0.39, 0.29) is 0 Å². The molecule has 0 saturated heterocycles. The van der Waals surface area contributed by atoms with Crippen molar-refractivity contribution in [2.75, 3.05) is 0 Å². The van der Waals surface area contributed by atoms with Gasteiger partial charge in [0, 0.05) is 0 Å². The fourth-order valence-corrected chi connectivity index (χ4v) is 1.28. The molecule has 0 saturated carbocycles. The smallest absolute Gasteiger partial charge is 0.409 e. The van der Waals surface area contributed by atoms with Gasteiger partial charge in [0.25, 0.3) is 0 Å². The average Bonchev–Trinajstić information content (AvgIpc) is 2.06. The topological polar surface area (TPSA) is 52.3 Å². The van der Waals surface area contributed by atoms with E-state index in [0.717, 1.165) is 6.42 Å². The Morgan fingerprint density at radius 1 is 1.36 bits per heavy atom.